The van der Waals surface area contributed by atoms with E-state index < -0.39 is 0 Å². The van der Waals surface area contributed by atoms with Crippen LogP contribution in [0.15, 0.2) is 60.8 Å². The largest absolute Gasteiger partial charge is 0.361 e. The summed E-state index contributed by atoms with van der Waals surface area (Å²) < 4.78 is 0. The molecule has 3 nitrogen and oxygen atoms in total. The van der Waals surface area contributed by atoms with E-state index in [-0.39, 0.29) is 5.91 Å². The summed E-state index contributed by atoms with van der Waals surface area (Å²) in [6.07, 6.45) is 4.02. The van der Waals surface area contributed by atoms with E-state index in [2.05, 4.69) is 41.5 Å². The van der Waals surface area contributed by atoms with Gasteiger partial charge < -0.3 is 9.88 Å². The zero-order chi connectivity index (χ0) is 16.1. The molecule has 0 bridgehead atoms. The number of amides is 1. The van der Waals surface area contributed by atoms with Gasteiger partial charge >= 0.3 is 0 Å². The molecule has 0 unspecified atom stereocenters. The third-order valence-corrected chi connectivity index (χ3v) is 4.21. The van der Waals surface area contributed by atoms with Crippen molar-refractivity contribution in [2.75, 3.05) is 6.54 Å². The molecular formula is C20H22N2O. The van der Waals surface area contributed by atoms with E-state index in [1.54, 1.807) is 6.92 Å². The lowest BCUT2D eigenvalue weighted by Gasteiger charge is -2.21. The first-order valence-corrected chi connectivity index (χ1v) is 8.08. The molecule has 3 heteroatoms. The van der Waals surface area contributed by atoms with Crippen LogP contribution in [-0.4, -0.2) is 22.3 Å². The van der Waals surface area contributed by atoms with E-state index in [1.165, 1.54) is 22.0 Å². The number of nitrogens with one attached hydrogen (secondary N) is 1. The topological polar surface area (TPSA) is 36.1 Å². The first kappa shape index (κ1) is 15.3. The molecule has 0 atom stereocenters. The van der Waals surface area contributed by atoms with Crippen LogP contribution in [0.5, 0.6) is 0 Å². The molecule has 0 saturated heterocycles. The molecule has 1 aromatic heterocycles. The zero-order valence-corrected chi connectivity index (χ0v) is 13.5. The lowest BCUT2D eigenvalue weighted by atomic mass is 10.1. The summed E-state index contributed by atoms with van der Waals surface area (Å²) in [4.78, 5) is 17.1. The summed E-state index contributed by atoms with van der Waals surface area (Å²) in [5.74, 6) is 0.132. The van der Waals surface area contributed by atoms with Crippen LogP contribution >= 0.6 is 0 Å². The predicted octanol–water partition coefficient (Wildman–Crippen LogP) is 4.15. The minimum atomic E-state index is 0.132. The van der Waals surface area contributed by atoms with Gasteiger partial charge in [0.2, 0.25) is 5.91 Å². The van der Waals surface area contributed by atoms with Gasteiger partial charge in [-0.05, 0) is 30.0 Å². The fraction of sp³-hybridized carbons (Fsp3) is 0.250. The Kier molecular flexibility index (Phi) is 4.77. The number of fused-ring (bicyclic) bond motifs is 1. The van der Waals surface area contributed by atoms with Crippen molar-refractivity contribution in [3.63, 3.8) is 0 Å². The number of carbonyl (C=O) groups excluding carboxylic acids is 1. The number of rotatable bonds is 6. The van der Waals surface area contributed by atoms with Crippen molar-refractivity contribution < 1.29 is 4.79 Å². The third kappa shape index (κ3) is 3.81. The number of aromatic nitrogens is 1. The van der Waals surface area contributed by atoms with Crippen LogP contribution in [-0.2, 0) is 17.8 Å². The maximum absolute atomic E-state index is 11.9. The second-order valence-electron chi connectivity index (χ2n) is 5.89. The van der Waals surface area contributed by atoms with Crippen molar-refractivity contribution in [3.05, 3.63) is 71.9 Å². The molecule has 0 fully saturated rings. The molecule has 1 heterocycles. The average molecular weight is 306 g/mol. The minimum Gasteiger partial charge on any atom is -0.361 e. The van der Waals surface area contributed by atoms with Gasteiger partial charge in [-0.1, -0.05) is 48.5 Å². The molecule has 0 aliphatic heterocycles. The molecule has 1 amide bonds. The number of nitrogens with zero attached hydrogens (tertiary/aromatic N) is 1. The fourth-order valence-corrected chi connectivity index (χ4v) is 2.95. The van der Waals surface area contributed by atoms with Crippen molar-refractivity contribution in [2.45, 2.75) is 26.3 Å². The highest BCUT2D eigenvalue weighted by Gasteiger charge is 2.10. The average Bonchev–Trinajstić information content (AvgIpc) is 2.98. The first-order chi connectivity index (χ1) is 11.2. The lowest BCUT2D eigenvalue weighted by Crippen LogP contribution is -2.29. The number of aromatic amines is 1. The van der Waals surface area contributed by atoms with Crippen molar-refractivity contribution in [3.8, 4) is 0 Å². The Labute approximate surface area is 136 Å². The van der Waals surface area contributed by atoms with Gasteiger partial charge in [-0.15, -0.1) is 0 Å². The van der Waals surface area contributed by atoms with Gasteiger partial charge in [-0.25, -0.2) is 0 Å². The molecule has 0 aliphatic carbocycles. The number of carbonyl (C=O) groups is 1. The molecule has 0 spiro atoms. The third-order valence-electron chi connectivity index (χ3n) is 4.21. The van der Waals surface area contributed by atoms with Crippen LogP contribution in [0.2, 0.25) is 0 Å². The fourth-order valence-electron chi connectivity index (χ4n) is 2.95. The Bertz CT molecular complexity index is 776. The number of aryl methyl sites for hydroxylation is 1. The molecule has 3 rings (SSSR count). The summed E-state index contributed by atoms with van der Waals surface area (Å²) in [7, 11) is 0. The number of hydrogen-bond acceptors (Lipinski definition) is 1. The van der Waals surface area contributed by atoms with E-state index in [9.17, 15) is 4.79 Å². The van der Waals surface area contributed by atoms with Gasteiger partial charge in [0, 0.05) is 37.1 Å². The molecule has 3 aromatic rings. The standard InChI is InChI=1S/C20H22N2O/c1-16(23)22(15-17-8-3-2-4-9-17)13-7-10-18-14-21-20-12-6-5-11-19(18)20/h2-6,8-9,11-12,14,21H,7,10,13,15H2,1H3. The van der Waals surface area contributed by atoms with Gasteiger partial charge in [0.1, 0.15) is 0 Å². The van der Waals surface area contributed by atoms with E-state index in [1.807, 2.05) is 29.2 Å². The summed E-state index contributed by atoms with van der Waals surface area (Å²) in [5.41, 5.74) is 3.67. The molecular weight excluding hydrogens is 284 g/mol. The number of benzene rings is 2. The van der Waals surface area contributed by atoms with E-state index >= 15 is 0 Å². The molecule has 0 saturated carbocycles. The van der Waals surface area contributed by atoms with Gasteiger partial charge in [-0.2, -0.15) is 0 Å². The maximum atomic E-state index is 11.9. The van der Waals surface area contributed by atoms with Gasteiger partial charge in [0.25, 0.3) is 0 Å². The minimum absolute atomic E-state index is 0.132. The lowest BCUT2D eigenvalue weighted by molar-refractivity contribution is -0.129. The summed E-state index contributed by atoms with van der Waals surface area (Å²) in [6, 6.07) is 18.5. The van der Waals surface area contributed by atoms with Crippen molar-refractivity contribution >= 4 is 16.8 Å². The highest BCUT2D eigenvalue weighted by Crippen LogP contribution is 2.19. The van der Waals surface area contributed by atoms with Crippen molar-refractivity contribution in [1.82, 2.24) is 9.88 Å². The number of hydrogen-bond donors (Lipinski definition) is 1. The summed E-state index contributed by atoms with van der Waals surface area (Å²) in [5, 5.41) is 1.28. The first-order valence-electron chi connectivity index (χ1n) is 8.08. The molecule has 23 heavy (non-hydrogen) atoms. The monoisotopic (exact) mass is 306 g/mol. The van der Waals surface area contributed by atoms with Crippen LogP contribution in [0.25, 0.3) is 10.9 Å². The molecule has 0 radical (unpaired) electrons. The number of H-pyrrole nitrogens is 1. The SMILES string of the molecule is CC(=O)N(CCCc1c[nH]c2ccccc12)Cc1ccccc1. The van der Waals surface area contributed by atoms with Crippen LogP contribution in [0, 0.1) is 0 Å². The Morgan fingerprint density at radius 3 is 2.57 bits per heavy atom. The van der Waals surface area contributed by atoms with Gasteiger partial charge in [0.15, 0.2) is 0 Å². The van der Waals surface area contributed by atoms with E-state index in [0.29, 0.717) is 6.54 Å². The summed E-state index contributed by atoms with van der Waals surface area (Å²) >= 11 is 0. The molecule has 118 valence electrons. The van der Waals surface area contributed by atoms with Crippen LogP contribution in [0.1, 0.15) is 24.5 Å². The maximum Gasteiger partial charge on any atom is 0.219 e. The second kappa shape index (κ2) is 7.14. The van der Waals surface area contributed by atoms with Crippen LogP contribution in [0.4, 0.5) is 0 Å². The van der Waals surface area contributed by atoms with Crippen LogP contribution < -0.4 is 0 Å². The van der Waals surface area contributed by atoms with Gasteiger partial charge in [0.05, 0.1) is 0 Å². The molecule has 2 aromatic carbocycles. The Morgan fingerprint density at radius 2 is 1.78 bits per heavy atom. The van der Waals surface area contributed by atoms with Gasteiger partial charge in [-0.3, -0.25) is 4.79 Å². The number of para-hydroxylation sites is 1. The Hall–Kier alpha value is -2.55. The Morgan fingerprint density at radius 1 is 1.04 bits per heavy atom. The van der Waals surface area contributed by atoms with E-state index in [0.717, 1.165) is 19.4 Å². The summed E-state index contributed by atoms with van der Waals surface area (Å²) in [6.45, 7) is 3.11. The smallest absolute Gasteiger partial charge is 0.219 e. The predicted molar refractivity (Wildman–Crippen MR) is 94.2 cm³/mol. The van der Waals surface area contributed by atoms with Crippen molar-refractivity contribution in [2.24, 2.45) is 0 Å². The molecule has 1 N–H and O–H groups in total. The molecule has 0 aliphatic rings. The Balaban J connectivity index is 1.60. The highest BCUT2D eigenvalue weighted by molar-refractivity contribution is 5.83. The highest BCUT2D eigenvalue weighted by atomic mass is 16.2. The zero-order valence-electron chi connectivity index (χ0n) is 13.5. The normalized spacial score (nSPS) is 10.8. The quantitative estimate of drug-likeness (QED) is 0.729. The van der Waals surface area contributed by atoms with E-state index in [4.69, 9.17) is 0 Å². The van der Waals surface area contributed by atoms with Crippen molar-refractivity contribution in [1.29, 1.82) is 0 Å². The van der Waals surface area contributed by atoms with Crippen LogP contribution in [0.3, 0.4) is 0 Å². The second-order valence-corrected chi connectivity index (χ2v) is 5.89.